The first-order chi connectivity index (χ1) is 11.1. The molecule has 0 bridgehead atoms. The zero-order valence-corrected chi connectivity index (χ0v) is 13.2. The van der Waals surface area contributed by atoms with E-state index >= 15 is 0 Å². The summed E-state index contributed by atoms with van der Waals surface area (Å²) in [5.74, 6) is -0.690. The number of phenolic OH excluding ortho intramolecular Hbond substituents is 1. The van der Waals surface area contributed by atoms with Crippen molar-refractivity contribution in [2.24, 2.45) is 0 Å². The topological polar surface area (TPSA) is 74.2 Å². The van der Waals surface area contributed by atoms with Gasteiger partial charge in [0.15, 0.2) is 11.5 Å². The lowest BCUT2D eigenvalue weighted by molar-refractivity contribution is 0.0467. The van der Waals surface area contributed by atoms with E-state index in [1.807, 2.05) is 30.3 Å². The summed E-state index contributed by atoms with van der Waals surface area (Å²) in [6.07, 6.45) is 0. The van der Waals surface area contributed by atoms with Crippen LogP contribution >= 0.6 is 0 Å². The molecule has 2 aromatic carbocycles. The van der Waals surface area contributed by atoms with Gasteiger partial charge < -0.3 is 24.1 Å². The summed E-state index contributed by atoms with van der Waals surface area (Å²) in [7, 11) is 4.13. The van der Waals surface area contributed by atoms with Crippen molar-refractivity contribution in [3.05, 3.63) is 47.5 Å². The molecule has 0 unspecified atom stereocenters. The lowest BCUT2D eigenvalue weighted by atomic mass is 10.1. The van der Waals surface area contributed by atoms with Crippen molar-refractivity contribution in [1.82, 2.24) is 0 Å². The number of benzene rings is 2. The normalized spacial score (nSPS) is 10.0. The Balaban J connectivity index is 2.30. The first kappa shape index (κ1) is 16.5. The average Bonchev–Trinajstić information content (AvgIpc) is 2.59. The molecule has 2 rings (SSSR count). The van der Waals surface area contributed by atoms with Gasteiger partial charge in [0.1, 0.15) is 12.2 Å². The number of hydrogen-bond acceptors (Lipinski definition) is 6. The van der Waals surface area contributed by atoms with Crippen molar-refractivity contribution in [1.29, 1.82) is 0 Å². The third kappa shape index (κ3) is 3.48. The van der Waals surface area contributed by atoms with Crippen molar-refractivity contribution >= 4 is 5.97 Å². The first-order valence-electron chi connectivity index (χ1n) is 6.85. The molecule has 23 heavy (non-hydrogen) atoms. The molecule has 1 N–H and O–H groups in total. The quantitative estimate of drug-likeness (QED) is 0.826. The van der Waals surface area contributed by atoms with E-state index in [1.165, 1.54) is 27.4 Å². The van der Waals surface area contributed by atoms with Gasteiger partial charge in [0.25, 0.3) is 0 Å². The number of ether oxygens (including phenoxy) is 4. The van der Waals surface area contributed by atoms with Crippen LogP contribution in [0.3, 0.4) is 0 Å². The number of carbonyl (C=O) groups excluding carboxylic acids is 1. The van der Waals surface area contributed by atoms with E-state index in [-0.39, 0.29) is 35.2 Å². The summed E-state index contributed by atoms with van der Waals surface area (Å²) in [5, 5.41) is 10.2. The summed E-state index contributed by atoms with van der Waals surface area (Å²) in [4.78, 5) is 12.3. The van der Waals surface area contributed by atoms with Crippen LogP contribution in [0.4, 0.5) is 0 Å². The molecule has 0 saturated carbocycles. The Morgan fingerprint density at radius 1 is 1.00 bits per heavy atom. The summed E-state index contributed by atoms with van der Waals surface area (Å²) in [6.45, 7) is 0.109. The van der Waals surface area contributed by atoms with E-state index in [9.17, 15) is 9.90 Å². The SMILES string of the molecule is COc1cc(C(=O)OCc2ccccc2)c(OC)c(O)c1OC. The minimum Gasteiger partial charge on any atom is -0.502 e. The average molecular weight is 318 g/mol. The Kier molecular flexibility index (Phi) is 5.30. The maximum Gasteiger partial charge on any atom is 0.342 e. The third-order valence-electron chi connectivity index (χ3n) is 3.23. The number of aromatic hydroxyl groups is 1. The second-order valence-electron chi connectivity index (χ2n) is 4.60. The van der Waals surface area contributed by atoms with Crippen LogP contribution in [0, 0.1) is 0 Å². The number of rotatable bonds is 6. The molecule has 0 heterocycles. The van der Waals surface area contributed by atoms with Gasteiger partial charge in [0.05, 0.1) is 21.3 Å². The van der Waals surface area contributed by atoms with Gasteiger partial charge in [-0.2, -0.15) is 0 Å². The standard InChI is InChI=1S/C17H18O6/c1-20-13-9-12(15(21-2)14(18)16(13)22-3)17(19)23-10-11-7-5-4-6-8-11/h4-9,18H,10H2,1-3H3. The molecule has 0 saturated heterocycles. The van der Waals surface area contributed by atoms with E-state index in [0.717, 1.165) is 5.56 Å². The minimum absolute atomic E-state index is 0.0271. The van der Waals surface area contributed by atoms with Crippen LogP contribution in [0.15, 0.2) is 36.4 Å². The van der Waals surface area contributed by atoms with Gasteiger partial charge in [0.2, 0.25) is 11.5 Å². The van der Waals surface area contributed by atoms with E-state index in [2.05, 4.69) is 0 Å². The molecule has 122 valence electrons. The molecule has 0 aliphatic rings. The Morgan fingerprint density at radius 3 is 2.22 bits per heavy atom. The maximum atomic E-state index is 12.3. The van der Waals surface area contributed by atoms with Crippen LogP contribution in [0.1, 0.15) is 15.9 Å². The number of phenols is 1. The fraction of sp³-hybridized carbons (Fsp3) is 0.235. The van der Waals surface area contributed by atoms with Crippen LogP contribution in [0.2, 0.25) is 0 Å². The predicted molar refractivity (Wildman–Crippen MR) is 83.3 cm³/mol. The molecular formula is C17H18O6. The number of methoxy groups -OCH3 is 3. The monoisotopic (exact) mass is 318 g/mol. The highest BCUT2D eigenvalue weighted by molar-refractivity contribution is 5.95. The van der Waals surface area contributed by atoms with Crippen molar-refractivity contribution in [2.75, 3.05) is 21.3 Å². The molecule has 6 nitrogen and oxygen atoms in total. The summed E-state index contributed by atoms with van der Waals surface area (Å²) < 4.78 is 20.6. The molecule has 0 spiro atoms. The van der Waals surface area contributed by atoms with E-state index in [0.29, 0.717) is 0 Å². The summed E-state index contributed by atoms with van der Waals surface area (Å²) in [6, 6.07) is 10.7. The number of hydrogen-bond donors (Lipinski definition) is 1. The zero-order chi connectivity index (χ0) is 16.8. The van der Waals surface area contributed by atoms with Gasteiger partial charge >= 0.3 is 5.97 Å². The van der Waals surface area contributed by atoms with Crippen LogP contribution < -0.4 is 14.2 Å². The highest BCUT2D eigenvalue weighted by Crippen LogP contribution is 2.45. The molecular weight excluding hydrogens is 300 g/mol. The molecule has 0 aliphatic heterocycles. The first-order valence-corrected chi connectivity index (χ1v) is 6.85. The zero-order valence-electron chi connectivity index (χ0n) is 13.2. The van der Waals surface area contributed by atoms with E-state index in [4.69, 9.17) is 18.9 Å². The minimum atomic E-state index is -0.637. The van der Waals surface area contributed by atoms with Crippen LogP contribution in [0.25, 0.3) is 0 Å². The van der Waals surface area contributed by atoms with Crippen molar-refractivity contribution in [2.45, 2.75) is 6.61 Å². The number of esters is 1. The van der Waals surface area contributed by atoms with Crippen molar-refractivity contribution in [3.63, 3.8) is 0 Å². The van der Waals surface area contributed by atoms with Gasteiger partial charge in [-0.25, -0.2) is 4.79 Å². The van der Waals surface area contributed by atoms with Crippen LogP contribution in [-0.4, -0.2) is 32.4 Å². The van der Waals surface area contributed by atoms with Gasteiger partial charge in [0, 0.05) is 6.07 Å². The lowest BCUT2D eigenvalue weighted by Crippen LogP contribution is -2.08. The Morgan fingerprint density at radius 2 is 1.65 bits per heavy atom. The molecule has 0 atom stereocenters. The summed E-state index contributed by atoms with van der Waals surface area (Å²) >= 11 is 0. The third-order valence-corrected chi connectivity index (χ3v) is 3.23. The molecule has 0 aromatic heterocycles. The maximum absolute atomic E-state index is 12.3. The molecule has 6 heteroatoms. The number of carbonyl (C=O) groups is 1. The van der Waals surface area contributed by atoms with Crippen molar-refractivity contribution < 1.29 is 28.8 Å². The lowest BCUT2D eigenvalue weighted by Gasteiger charge is -2.15. The Hall–Kier alpha value is -2.89. The fourth-order valence-electron chi connectivity index (χ4n) is 2.12. The predicted octanol–water partition coefficient (Wildman–Crippen LogP) is 2.78. The highest BCUT2D eigenvalue weighted by atomic mass is 16.5. The van der Waals surface area contributed by atoms with Crippen molar-refractivity contribution in [3.8, 4) is 23.0 Å². The van der Waals surface area contributed by atoms with E-state index in [1.54, 1.807) is 0 Å². The van der Waals surface area contributed by atoms with Crippen LogP contribution in [-0.2, 0) is 11.3 Å². The largest absolute Gasteiger partial charge is 0.502 e. The second-order valence-corrected chi connectivity index (χ2v) is 4.60. The highest BCUT2D eigenvalue weighted by Gasteiger charge is 2.25. The molecule has 0 radical (unpaired) electrons. The summed E-state index contributed by atoms with van der Waals surface area (Å²) in [5.41, 5.74) is 0.906. The van der Waals surface area contributed by atoms with Gasteiger partial charge in [-0.05, 0) is 5.56 Å². The fourth-order valence-corrected chi connectivity index (χ4v) is 2.12. The van der Waals surface area contributed by atoms with Gasteiger partial charge in [-0.1, -0.05) is 30.3 Å². The van der Waals surface area contributed by atoms with Gasteiger partial charge in [-0.3, -0.25) is 0 Å². The molecule has 0 aliphatic carbocycles. The van der Waals surface area contributed by atoms with E-state index < -0.39 is 5.97 Å². The van der Waals surface area contributed by atoms with Gasteiger partial charge in [-0.15, -0.1) is 0 Å². The molecule has 0 fully saturated rings. The smallest absolute Gasteiger partial charge is 0.342 e. The Labute approximate surface area is 134 Å². The van der Waals surface area contributed by atoms with Crippen LogP contribution in [0.5, 0.6) is 23.0 Å². The second kappa shape index (κ2) is 7.40. The molecule has 0 amide bonds. The Bertz CT molecular complexity index is 681. The molecule has 2 aromatic rings.